The molecule has 0 heterocycles. The van der Waals surface area contributed by atoms with Crippen molar-refractivity contribution in [2.24, 2.45) is 0 Å². The van der Waals surface area contributed by atoms with Crippen LogP contribution >= 0.6 is 0 Å². The van der Waals surface area contributed by atoms with Gasteiger partial charge in [0.05, 0.1) is 0 Å². The van der Waals surface area contributed by atoms with Crippen molar-refractivity contribution >= 4 is 29.2 Å². The molecule has 0 atom stereocenters. The molecule has 0 aromatic heterocycles. The smallest absolute Gasteiger partial charge is 0.450 e. The van der Waals surface area contributed by atoms with Crippen LogP contribution in [0.2, 0.25) is 0 Å². The Morgan fingerprint density at radius 1 is 1.29 bits per heavy atom. The third-order valence-corrected chi connectivity index (χ3v) is 0. The predicted molar refractivity (Wildman–Crippen MR) is 19.2 cm³/mol. The summed E-state index contributed by atoms with van der Waals surface area (Å²) in [5.74, 6) is 0. The molecule has 0 aromatic carbocycles. The molecule has 0 unspecified atom stereocenters. The summed E-state index contributed by atoms with van der Waals surface area (Å²) in [7, 11) is 0. The van der Waals surface area contributed by atoms with Gasteiger partial charge in [0.2, 0.25) is 0 Å². The van der Waals surface area contributed by atoms with Crippen molar-refractivity contribution in [3.8, 4) is 0 Å². The summed E-state index contributed by atoms with van der Waals surface area (Å²) in [4.78, 5) is 8.56. The van der Waals surface area contributed by atoms with Crippen molar-refractivity contribution < 1.29 is 49.1 Å². The molecule has 0 spiro atoms. The Bertz CT molecular complexity index is 37.9. The molecule has 0 aliphatic heterocycles. The molecule has 43 valence electrons. The number of carboxylic acid groups (broad SMARTS) is 2. The zero-order chi connectivity index (χ0) is 3.58. The molecule has 0 saturated heterocycles. The van der Waals surface area contributed by atoms with Crippen molar-refractivity contribution in [2.75, 3.05) is 0 Å². The van der Waals surface area contributed by atoms with Gasteiger partial charge in [0.15, 0.2) is 0 Å². The Morgan fingerprint density at radius 3 is 1.29 bits per heavy atom. The molecule has 0 saturated carbocycles. The van der Waals surface area contributed by atoms with Crippen LogP contribution in [0.4, 0.5) is 4.79 Å². The van der Waals surface area contributed by atoms with Crippen molar-refractivity contribution in [3.63, 3.8) is 0 Å². The molecule has 0 aromatic rings. The summed E-state index contributed by atoms with van der Waals surface area (Å²) >= 11 is 0. The van der Waals surface area contributed by atoms with Crippen LogP contribution < -0.4 is 0 Å². The van der Waals surface area contributed by atoms with Crippen LogP contribution in [0.1, 0.15) is 0 Å². The zero-order valence-electron chi connectivity index (χ0n) is 2.53. The van der Waals surface area contributed by atoms with Gasteiger partial charge in [0.1, 0.15) is 0 Å². The Hall–Kier alpha value is 1.08. The Balaban J connectivity index is -0.0000000150. The van der Waals surface area contributed by atoms with Crippen molar-refractivity contribution in [1.29, 1.82) is 0 Å². The fourth-order valence-electron chi connectivity index (χ4n) is 0. The van der Waals surface area contributed by atoms with E-state index in [0.29, 0.717) is 0 Å². The first-order valence-corrected chi connectivity index (χ1v) is 0.651. The molecule has 3 nitrogen and oxygen atoms in total. The molecule has 6 heteroatoms. The minimum atomic E-state index is -1.83. The minimum Gasteiger partial charge on any atom is -0.450 e. The minimum absolute atomic E-state index is 0. The first kappa shape index (κ1) is 24.3. The third-order valence-electron chi connectivity index (χ3n) is 0. The SMILES string of the molecule is O=C(O)O.[Fe].[MgH2].[Mn]. The van der Waals surface area contributed by atoms with E-state index in [0.717, 1.165) is 0 Å². The first-order chi connectivity index (χ1) is 1.73. The van der Waals surface area contributed by atoms with Crippen LogP contribution in [0.25, 0.3) is 0 Å². The summed E-state index contributed by atoms with van der Waals surface area (Å²) in [6.45, 7) is 0. The van der Waals surface area contributed by atoms with Gasteiger partial charge < -0.3 is 10.2 Å². The summed E-state index contributed by atoms with van der Waals surface area (Å²) in [5.41, 5.74) is 0. The Labute approximate surface area is 78.0 Å². The molecule has 0 aliphatic carbocycles. The molecule has 0 fully saturated rings. The molecule has 0 rings (SSSR count). The quantitative estimate of drug-likeness (QED) is 0.507. The van der Waals surface area contributed by atoms with Gasteiger partial charge in [-0.05, 0) is 0 Å². The second-order valence-electron chi connectivity index (χ2n) is 0.283. The van der Waals surface area contributed by atoms with Crippen LogP contribution in [0.5, 0.6) is 0 Å². The van der Waals surface area contributed by atoms with Crippen LogP contribution in [0, 0.1) is 0 Å². The van der Waals surface area contributed by atoms with E-state index < -0.39 is 6.16 Å². The molecule has 7 heavy (non-hydrogen) atoms. The molecule has 1 radical (unpaired) electrons. The van der Waals surface area contributed by atoms with Gasteiger partial charge in [-0.3, -0.25) is 0 Å². The molecule has 0 amide bonds. The number of rotatable bonds is 0. The van der Waals surface area contributed by atoms with Gasteiger partial charge in [-0.2, -0.15) is 0 Å². The van der Waals surface area contributed by atoms with E-state index in [4.69, 9.17) is 15.0 Å². The predicted octanol–water partition coefficient (Wildman–Crippen LogP) is -0.699. The van der Waals surface area contributed by atoms with Gasteiger partial charge in [-0.1, -0.05) is 0 Å². The van der Waals surface area contributed by atoms with E-state index in [1.807, 2.05) is 0 Å². The van der Waals surface area contributed by atoms with Crippen LogP contribution in [0.15, 0.2) is 0 Å². The molecule has 0 aliphatic rings. The fraction of sp³-hybridized carbons (Fsp3) is 0. The number of hydrogen-bond acceptors (Lipinski definition) is 1. The van der Waals surface area contributed by atoms with Gasteiger partial charge in [-0.25, -0.2) is 4.79 Å². The molecular formula is CH4FeMgMnO3. The topological polar surface area (TPSA) is 57.5 Å². The van der Waals surface area contributed by atoms with E-state index in [1.165, 1.54) is 0 Å². The van der Waals surface area contributed by atoms with Crippen molar-refractivity contribution in [3.05, 3.63) is 0 Å². The average molecular weight is 199 g/mol. The van der Waals surface area contributed by atoms with E-state index in [9.17, 15) is 0 Å². The zero-order valence-corrected chi connectivity index (χ0v) is 4.82. The maximum atomic E-state index is 8.56. The third kappa shape index (κ3) is 158. The van der Waals surface area contributed by atoms with Crippen LogP contribution in [-0.4, -0.2) is 39.4 Å². The van der Waals surface area contributed by atoms with E-state index in [1.54, 1.807) is 0 Å². The second kappa shape index (κ2) is 15.7. The van der Waals surface area contributed by atoms with Crippen LogP contribution in [-0.2, 0) is 34.1 Å². The van der Waals surface area contributed by atoms with Gasteiger partial charge in [-0.15, -0.1) is 0 Å². The van der Waals surface area contributed by atoms with Gasteiger partial charge >= 0.3 is 29.2 Å². The maximum absolute atomic E-state index is 8.56. The Kier molecular flexibility index (Phi) is 54.7. The standard InChI is InChI=1S/CH2O3.Fe.Mg.Mn.2H/c2-1(3)4;;;;;/h(H2,2,3,4);;;;;. The first-order valence-electron chi connectivity index (χ1n) is 0.651. The normalized spacial score (nSPS) is 3.43. The maximum Gasteiger partial charge on any atom is 0.503 e. The second-order valence-corrected chi connectivity index (χ2v) is 0.283. The molecule has 0 bridgehead atoms. The van der Waals surface area contributed by atoms with Crippen LogP contribution in [0.3, 0.4) is 0 Å². The summed E-state index contributed by atoms with van der Waals surface area (Å²) in [6, 6.07) is 0. The largest absolute Gasteiger partial charge is 0.503 e. The monoisotopic (exact) mass is 199 g/mol. The van der Waals surface area contributed by atoms with E-state index >= 15 is 0 Å². The summed E-state index contributed by atoms with van der Waals surface area (Å²) in [5, 5.41) is 13.9. The average Bonchev–Trinajstić information content (AvgIpc) is 0.811. The van der Waals surface area contributed by atoms with Crippen molar-refractivity contribution in [1.82, 2.24) is 0 Å². The van der Waals surface area contributed by atoms with E-state index in [-0.39, 0.29) is 57.2 Å². The van der Waals surface area contributed by atoms with Crippen molar-refractivity contribution in [2.45, 2.75) is 0 Å². The summed E-state index contributed by atoms with van der Waals surface area (Å²) in [6.07, 6.45) is -1.83. The molecular weight excluding hydrogens is 195 g/mol. The fourth-order valence-corrected chi connectivity index (χ4v) is 0. The Morgan fingerprint density at radius 2 is 1.29 bits per heavy atom. The van der Waals surface area contributed by atoms with E-state index in [2.05, 4.69) is 0 Å². The number of hydrogen-bond donors (Lipinski definition) is 2. The van der Waals surface area contributed by atoms with Gasteiger partial charge in [0, 0.05) is 34.1 Å². The molecule has 2 N–H and O–H groups in total. The van der Waals surface area contributed by atoms with Gasteiger partial charge in [0.25, 0.3) is 0 Å². The summed E-state index contributed by atoms with van der Waals surface area (Å²) < 4.78 is 0. The number of carbonyl (C=O) groups is 1.